The van der Waals surface area contributed by atoms with Crippen LogP contribution in [0.5, 0.6) is 5.75 Å². The van der Waals surface area contributed by atoms with Gasteiger partial charge in [0.1, 0.15) is 5.75 Å². The van der Waals surface area contributed by atoms with Gasteiger partial charge in [-0.05, 0) is 49.9 Å². The van der Waals surface area contributed by atoms with Gasteiger partial charge in [0.05, 0.1) is 0 Å². The Morgan fingerprint density at radius 1 is 1.47 bits per heavy atom. The average molecular weight is 234 g/mol. The fourth-order valence-corrected chi connectivity index (χ4v) is 1.78. The quantitative estimate of drug-likeness (QED) is 0.788. The van der Waals surface area contributed by atoms with Crippen molar-refractivity contribution >= 4 is 11.6 Å². The summed E-state index contributed by atoms with van der Waals surface area (Å²) in [5.74, 6) is 1.02. The van der Waals surface area contributed by atoms with Gasteiger partial charge in [0.2, 0.25) is 0 Å². The number of anilines is 1. The third-order valence-electron chi connectivity index (χ3n) is 2.96. The predicted molar refractivity (Wildman–Crippen MR) is 66.9 cm³/mol. The van der Waals surface area contributed by atoms with E-state index in [1.165, 1.54) is 12.8 Å². The first-order chi connectivity index (χ1) is 8.15. The number of amides is 1. The Morgan fingerprint density at radius 3 is 2.65 bits per heavy atom. The Bertz CT molecular complexity index is 385. The van der Waals surface area contributed by atoms with Gasteiger partial charge in [-0.1, -0.05) is 0 Å². The lowest BCUT2D eigenvalue weighted by Gasteiger charge is -2.14. The molecular weight excluding hydrogens is 216 g/mol. The van der Waals surface area contributed by atoms with E-state index >= 15 is 0 Å². The number of hydrogen-bond donors (Lipinski definition) is 2. The van der Waals surface area contributed by atoms with E-state index < -0.39 is 5.91 Å². The molecular formula is C13H18N2O2. The number of primary amides is 1. The fourth-order valence-electron chi connectivity index (χ4n) is 1.78. The first kappa shape index (κ1) is 11.8. The molecule has 0 aromatic heterocycles. The lowest BCUT2D eigenvalue weighted by Crippen LogP contribution is -2.20. The van der Waals surface area contributed by atoms with Crippen molar-refractivity contribution in [3.63, 3.8) is 0 Å². The van der Waals surface area contributed by atoms with Crippen molar-refractivity contribution in [2.24, 2.45) is 11.7 Å². The van der Waals surface area contributed by atoms with E-state index in [1.54, 1.807) is 0 Å². The van der Waals surface area contributed by atoms with Crippen molar-refractivity contribution in [1.82, 2.24) is 0 Å². The molecule has 1 aromatic carbocycles. The Balaban J connectivity index is 1.86. The number of ether oxygens (including phenoxy) is 1. The van der Waals surface area contributed by atoms with Crippen LogP contribution in [-0.2, 0) is 4.79 Å². The third kappa shape index (κ3) is 3.66. The molecule has 1 aliphatic rings. The number of hydrogen-bond acceptors (Lipinski definition) is 3. The Labute approximate surface area is 101 Å². The first-order valence-electron chi connectivity index (χ1n) is 5.93. The van der Waals surface area contributed by atoms with Crippen LogP contribution in [0.3, 0.4) is 0 Å². The maximum atomic E-state index is 10.6. The normalized spacial score (nSPS) is 16.3. The molecule has 1 aliphatic carbocycles. The average Bonchev–Trinajstić information content (AvgIpc) is 3.12. The van der Waals surface area contributed by atoms with Crippen LogP contribution >= 0.6 is 0 Å². The number of benzene rings is 1. The van der Waals surface area contributed by atoms with Crippen molar-refractivity contribution in [1.29, 1.82) is 0 Å². The fraction of sp³-hybridized carbons (Fsp3) is 0.462. The van der Waals surface area contributed by atoms with Crippen LogP contribution in [0.1, 0.15) is 19.8 Å². The summed E-state index contributed by atoms with van der Waals surface area (Å²) in [7, 11) is 0. The monoisotopic (exact) mass is 234 g/mol. The highest BCUT2D eigenvalue weighted by Crippen LogP contribution is 2.34. The number of carbonyl (C=O) groups is 1. The minimum absolute atomic E-state index is 0.0781. The van der Waals surface area contributed by atoms with Crippen LogP contribution in [0.15, 0.2) is 24.3 Å². The zero-order valence-electron chi connectivity index (χ0n) is 9.98. The number of carbonyl (C=O) groups excluding carboxylic acids is 1. The number of rotatable bonds is 6. The molecule has 4 nitrogen and oxygen atoms in total. The van der Waals surface area contributed by atoms with Gasteiger partial charge in [-0.15, -0.1) is 0 Å². The largest absolute Gasteiger partial charge is 0.484 e. The Kier molecular flexibility index (Phi) is 3.52. The summed E-state index contributed by atoms with van der Waals surface area (Å²) in [6.45, 7) is 2.13. The van der Waals surface area contributed by atoms with E-state index in [2.05, 4.69) is 12.2 Å². The Morgan fingerprint density at radius 2 is 2.12 bits per heavy atom. The van der Waals surface area contributed by atoms with Crippen molar-refractivity contribution in [2.75, 3.05) is 11.9 Å². The molecule has 4 heteroatoms. The molecule has 92 valence electrons. The molecule has 0 bridgehead atoms. The standard InChI is InChI=1S/C13H18N2O2/c1-9(10-2-3-10)15-11-4-6-12(7-5-11)17-8-13(14)16/h4-7,9-10,15H,2-3,8H2,1H3,(H2,14,16). The van der Waals surface area contributed by atoms with E-state index in [0.717, 1.165) is 11.6 Å². The molecule has 1 amide bonds. The van der Waals surface area contributed by atoms with Crippen molar-refractivity contribution < 1.29 is 9.53 Å². The highest BCUT2D eigenvalue weighted by Gasteiger charge is 2.27. The Hall–Kier alpha value is -1.71. The molecule has 3 N–H and O–H groups in total. The highest BCUT2D eigenvalue weighted by atomic mass is 16.5. The van der Waals surface area contributed by atoms with Crippen molar-refractivity contribution in [2.45, 2.75) is 25.8 Å². The van der Waals surface area contributed by atoms with Crippen LogP contribution in [0.2, 0.25) is 0 Å². The van der Waals surface area contributed by atoms with Crippen LogP contribution in [0.4, 0.5) is 5.69 Å². The van der Waals surface area contributed by atoms with Gasteiger partial charge in [0, 0.05) is 11.7 Å². The highest BCUT2D eigenvalue weighted by molar-refractivity contribution is 5.75. The molecule has 0 aliphatic heterocycles. The summed E-state index contributed by atoms with van der Waals surface area (Å²) in [5.41, 5.74) is 6.08. The van der Waals surface area contributed by atoms with Crippen LogP contribution in [0.25, 0.3) is 0 Å². The molecule has 1 saturated carbocycles. The lowest BCUT2D eigenvalue weighted by molar-refractivity contribution is -0.119. The smallest absolute Gasteiger partial charge is 0.255 e. The molecule has 1 fully saturated rings. The second-order valence-electron chi connectivity index (χ2n) is 4.55. The van der Waals surface area contributed by atoms with Crippen LogP contribution in [0, 0.1) is 5.92 Å². The first-order valence-corrected chi connectivity index (χ1v) is 5.93. The molecule has 0 radical (unpaired) electrons. The van der Waals surface area contributed by atoms with Gasteiger partial charge >= 0.3 is 0 Å². The van der Waals surface area contributed by atoms with Gasteiger partial charge in [0.25, 0.3) is 5.91 Å². The third-order valence-corrected chi connectivity index (χ3v) is 2.96. The van der Waals surface area contributed by atoms with Crippen LogP contribution in [-0.4, -0.2) is 18.6 Å². The van der Waals surface area contributed by atoms with Gasteiger partial charge in [0.15, 0.2) is 6.61 Å². The SMILES string of the molecule is CC(Nc1ccc(OCC(N)=O)cc1)C1CC1. The maximum Gasteiger partial charge on any atom is 0.255 e. The second kappa shape index (κ2) is 5.08. The van der Waals surface area contributed by atoms with Crippen LogP contribution < -0.4 is 15.8 Å². The van der Waals surface area contributed by atoms with Gasteiger partial charge in [-0.3, -0.25) is 4.79 Å². The van der Waals surface area contributed by atoms with Gasteiger partial charge < -0.3 is 15.8 Å². The summed E-state index contributed by atoms with van der Waals surface area (Å²) in [4.78, 5) is 10.6. The topological polar surface area (TPSA) is 64.3 Å². The summed E-state index contributed by atoms with van der Waals surface area (Å²) in [6.07, 6.45) is 2.65. The summed E-state index contributed by atoms with van der Waals surface area (Å²) in [6, 6.07) is 8.10. The molecule has 0 heterocycles. The minimum atomic E-state index is -0.463. The molecule has 2 rings (SSSR count). The van der Waals surface area contributed by atoms with E-state index in [4.69, 9.17) is 10.5 Å². The van der Waals surface area contributed by atoms with E-state index in [-0.39, 0.29) is 6.61 Å². The summed E-state index contributed by atoms with van der Waals surface area (Å²) < 4.78 is 5.18. The predicted octanol–water partition coefficient (Wildman–Crippen LogP) is 1.76. The molecule has 1 unspecified atom stereocenters. The lowest BCUT2D eigenvalue weighted by atomic mass is 10.2. The van der Waals surface area contributed by atoms with E-state index in [9.17, 15) is 4.79 Å². The molecule has 0 spiro atoms. The number of nitrogens with one attached hydrogen (secondary N) is 1. The number of nitrogens with two attached hydrogens (primary N) is 1. The minimum Gasteiger partial charge on any atom is -0.484 e. The van der Waals surface area contributed by atoms with E-state index in [1.807, 2.05) is 24.3 Å². The molecule has 1 aromatic rings. The summed E-state index contributed by atoms with van der Waals surface area (Å²) in [5, 5.41) is 3.45. The second-order valence-corrected chi connectivity index (χ2v) is 4.55. The zero-order valence-corrected chi connectivity index (χ0v) is 9.98. The molecule has 1 atom stereocenters. The van der Waals surface area contributed by atoms with Crippen molar-refractivity contribution in [3.05, 3.63) is 24.3 Å². The zero-order chi connectivity index (χ0) is 12.3. The van der Waals surface area contributed by atoms with E-state index in [0.29, 0.717) is 11.8 Å². The molecule has 17 heavy (non-hydrogen) atoms. The van der Waals surface area contributed by atoms with Gasteiger partial charge in [-0.25, -0.2) is 0 Å². The molecule has 0 saturated heterocycles. The van der Waals surface area contributed by atoms with Gasteiger partial charge in [-0.2, -0.15) is 0 Å². The van der Waals surface area contributed by atoms with Crippen molar-refractivity contribution in [3.8, 4) is 5.75 Å². The maximum absolute atomic E-state index is 10.6. The summed E-state index contributed by atoms with van der Waals surface area (Å²) >= 11 is 0.